The number of likely N-dealkylation sites (tertiary alicyclic amines) is 1. The molecular weight excluding hydrogens is 366 g/mol. The van der Waals surface area contributed by atoms with Crippen molar-refractivity contribution in [2.24, 2.45) is 0 Å². The van der Waals surface area contributed by atoms with Crippen LogP contribution in [0.3, 0.4) is 0 Å². The molecule has 136 valence electrons. The van der Waals surface area contributed by atoms with Crippen molar-refractivity contribution in [3.05, 3.63) is 70.7 Å². The van der Waals surface area contributed by atoms with Crippen LogP contribution in [0.4, 0.5) is 0 Å². The zero-order valence-corrected chi connectivity index (χ0v) is 16.0. The molecule has 1 saturated heterocycles. The number of halogens is 1. The molecule has 6 heteroatoms. The van der Waals surface area contributed by atoms with Crippen molar-refractivity contribution in [3.8, 4) is 0 Å². The fraction of sp³-hybridized carbons (Fsp3) is 0.300. The number of nitrogens with one attached hydrogen (secondary N) is 2. The van der Waals surface area contributed by atoms with E-state index in [1.807, 2.05) is 6.07 Å². The van der Waals surface area contributed by atoms with Crippen molar-refractivity contribution < 1.29 is 4.79 Å². The topological polar surface area (TPSA) is 44.4 Å². The zero-order valence-electron chi connectivity index (χ0n) is 14.5. The summed E-state index contributed by atoms with van der Waals surface area (Å²) in [5, 5.41) is 6.89. The van der Waals surface area contributed by atoms with Crippen LogP contribution in [-0.4, -0.2) is 35.1 Å². The highest BCUT2D eigenvalue weighted by Crippen LogP contribution is 2.14. The molecule has 2 N–H and O–H groups in total. The maximum atomic E-state index is 12.2. The van der Waals surface area contributed by atoms with E-state index < -0.39 is 0 Å². The number of hydrogen-bond donors (Lipinski definition) is 2. The van der Waals surface area contributed by atoms with E-state index in [-0.39, 0.29) is 11.9 Å². The smallest absolute Gasteiger partial charge is 0.257 e. The fourth-order valence-corrected chi connectivity index (χ4v) is 3.55. The summed E-state index contributed by atoms with van der Waals surface area (Å²) in [6.07, 6.45) is 2.00. The molecule has 0 aliphatic carbocycles. The van der Waals surface area contributed by atoms with Gasteiger partial charge in [0.05, 0.1) is 0 Å². The molecule has 1 fully saturated rings. The number of amides is 1. The largest absolute Gasteiger partial charge is 0.360 e. The summed E-state index contributed by atoms with van der Waals surface area (Å²) in [4.78, 5) is 14.6. The van der Waals surface area contributed by atoms with Crippen molar-refractivity contribution in [2.75, 3.05) is 13.1 Å². The Hall–Kier alpha value is -1.95. The normalized spacial score (nSPS) is 15.4. The van der Waals surface area contributed by atoms with Gasteiger partial charge in [-0.15, -0.1) is 0 Å². The van der Waals surface area contributed by atoms with Crippen molar-refractivity contribution in [2.45, 2.75) is 25.4 Å². The van der Waals surface area contributed by atoms with E-state index in [1.54, 1.807) is 24.3 Å². The zero-order chi connectivity index (χ0) is 18.4. The van der Waals surface area contributed by atoms with Crippen molar-refractivity contribution >= 4 is 34.8 Å². The standard InChI is InChI=1S/C20H22ClN3OS/c21-17-8-4-7-16(13-17)19(25)23-20(26)22-18-9-11-24(12-10-18)14-15-5-2-1-3-6-15/h1-8,13,18H,9-12,14H2,(H2,22,23,25,26). The number of benzene rings is 2. The average molecular weight is 388 g/mol. The third kappa shape index (κ3) is 5.53. The molecular formula is C20H22ClN3OS. The second-order valence-electron chi connectivity index (χ2n) is 6.47. The number of thiocarbonyl (C=S) groups is 1. The lowest BCUT2D eigenvalue weighted by Gasteiger charge is -2.32. The summed E-state index contributed by atoms with van der Waals surface area (Å²) in [5.41, 5.74) is 1.84. The molecule has 1 amide bonds. The van der Waals surface area contributed by atoms with Crippen LogP contribution in [0.5, 0.6) is 0 Å². The first-order chi connectivity index (χ1) is 12.6. The molecule has 0 spiro atoms. The summed E-state index contributed by atoms with van der Waals surface area (Å²) < 4.78 is 0. The van der Waals surface area contributed by atoms with Gasteiger partial charge in [-0.1, -0.05) is 48.0 Å². The Morgan fingerprint density at radius 1 is 1.12 bits per heavy atom. The van der Waals surface area contributed by atoms with Gasteiger partial charge in [0, 0.05) is 36.3 Å². The summed E-state index contributed by atoms with van der Waals surface area (Å²) in [5.74, 6) is -0.244. The molecule has 1 aliphatic heterocycles. The quantitative estimate of drug-likeness (QED) is 0.786. The van der Waals surface area contributed by atoms with E-state index in [4.69, 9.17) is 23.8 Å². The predicted molar refractivity (Wildman–Crippen MR) is 109 cm³/mol. The van der Waals surface area contributed by atoms with Crippen LogP contribution in [0.15, 0.2) is 54.6 Å². The molecule has 2 aromatic rings. The molecule has 0 unspecified atom stereocenters. The molecule has 26 heavy (non-hydrogen) atoms. The van der Waals surface area contributed by atoms with Crippen molar-refractivity contribution in [3.63, 3.8) is 0 Å². The third-order valence-electron chi connectivity index (χ3n) is 4.49. The van der Waals surface area contributed by atoms with Crippen LogP contribution in [0, 0.1) is 0 Å². The van der Waals surface area contributed by atoms with Gasteiger partial charge >= 0.3 is 0 Å². The molecule has 0 saturated carbocycles. The Morgan fingerprint density at radius 3 is 2.54 bits per heavy atom. The minimum absolute atomic E-state index is 0.244. The van der Waals surface area contributed by atoms with Crippen molar-refractivity contribution in [1.29, 1.82) is 0 Å². The Balaban J connectivity index is 1.42. The first kappa shape index (κ1) is 18.8. The molecule has 3 rings (SSSR count). The lowest BCUT2D eigenvalue weighted by atomic mass is 10.0. The lowest BCUT2D eigenvalue weighted by Crippen LogP contribution is -2.48. The van der Waals surface area contributed by atoms with Gasteiger partial charge in [-0.2, -0.15) is 0 Å². The minimum Gasteiger partial charge on any atom is -0.360 e. The molecule has 0 atom stereocenters. The van der Waals surface area contributed by atoms with E-state index in [2.05, 4.69) is 39.8 Å². The highest BCUT2D eigenvalue weighted by Gasteiger charge is 2.20. The summed E-state index contributed by atoms with van der Waals surface area (Å²) in [6, 6.07) is 17.6. The Bertz CT molecular complexity index is 761. The molecule has 2 aromatic carbocycles. The summed E-state index contributed by atoms with van der Waals surface area (Å²) >= 11 is 11.2. The predicted octanol–water partition coefficient (Wildman–Crippen LogP) is 3.61. The first-order valence-electron chi connectivity index (χ1n) is 8.74. The van der Waals surface area contributed by atoms with Gasteiger partial charge in [0.2, 0.25) is 0 Å². The molecule has 0 aromatic heterocycles. The van der Waals surface area contributed by atoms with Gasteiger partial charge < -0.3 is 5.32 Å². The number of rotatable bonds is 4. The summed E-state index contributed by atoms with van der Waals surface area (Å²) in [6.45, 7) is 3.00. The van der Waals surface area contributed by atoms with Gasteiger partial charge in [-0.3, -0.25) is 15.0 Å². The Labute approximate surface area is 164 Å². The maximum Gasteiger partial charge on any atom is 0.257 e. The highest BCUT2D eigenvalue weighted by molar-refractivity contribution is 7.80. The van der Waals surface area contributed by atoms with Gasteiger partial charge in [0.15, 0.2) is 5.11 Å². The summed E-state index contributed by atoms with van der Waals surface area (Å²) in [7, 11) is 0. The van der Waals surface area contributed by atoms with E-state index >= 15 is 0 Å². The van der Waals surface area contributed by atoms with E-state index in [9.17, 15) is 4.79 Å². The minimum atomic E-state index is -0.244. The maximum absolute atomic E-state index is 12.2. The van der Waals surface area contributed by atoms with E-state index in [0.717, 1.165) is 32.5 Å². The third-order valence-corrected chi connectivity index (χ3v) is 4.94. The van der Waals surface area contributed by atoms with Gasteiger partial charge in [0.25, 0.3) is 5.91 Å². The highest BCUT2D eigenvalue weighted by atomic mass is 35.5. The van der Waals surface area contributed by atoms with Crippen LogP contribution in [0.25, 0.3) is 0 Å². The second-order valence-corrected chi connectivity index (χ2v) is 7.32. The number of hydrogen-bond acceptors (Lipinski definition) is 3. The number of nitrogens with zero attached hydrogens (tertiary/aromatic N) is 1. The SMILES string of the molecule is O=C(NC(=S)NC1CCN(Cc2ccccc2)CC1)c1cccc(Cl)c1. The van der Waals surface area contributed by atoms with E-state index in [1.165, 1.54) is 5.56 Å². The number of piperidine rings is 1. The van der Waals surface area contributed by atoms with Gasteiger partial charge in [-0.05, 0) is 48.8 Å². The van der Waals surface area contributed by atoms with Crippen LogP contribution in [0.1, 0.15) is 28.8 Å². The van der Waals surface area contributed by atoms with Crippen LogP contribution in [0.2, 0.25) is 5.02 Å². The molecule has 0 radical (unpaired) electrons. The Morgan fingerprint density at radius 2 is 1.85 bits per heavy atom. The van der Waals surface area contributed by atoms with Crippen LogP contribution in [-0.2, 0) is 6.54 Å². The fourth-order valence-electron chi connectivity index (χ4n) is 3.10. The second kappa shape index (κ2) is 9.12. The monoisotopic (exact) mass is 387 g/mol. The molecule has 1 heterocycles. The van der Waals surface area contributed by atoms with Gasteiger partial charge in [0.1, 0.15) is 0 Å². The van der Waals surface area contributed by atoms with Crippen LogP contribution < -0.4 is 10.6 Å². The molecule has 0 bridgehead atoms. The average Bonchev–Trinajstić information content (AvgIpc) is 2.64. The molecule has 1 aliphatic rings. The lowest BCUT2D eigenvalue weighted by molar-refractivity contribution is 0.0976. The number of carbonyl (C=O) groups is 1. The number of carbonyl (C=O) groups excluding carboxylic acids is 1. The van der Waals surface area contributed by atoms with Crippen molar-refractivity contribution in [1.82, 2.24) is 15.5 Å². The van der Waals surface area contributed by atoms with Gasteiger partial charge in [-0.25, -0.2) is 0 Å². The van der Waals surface area contributed by atoms with E-state index in [0.29, 0.717) is 15.7 Å². The Kier molecular flexibility index (Phi) is 6.61. The first-order valence-corrected chi connectivity index (χ1v) is 9.52. The van der Waals surface area contributed by atoms with Crippen LogP contribution >= 0.6 is 23.8 Å². The molecule has 4 nitrogen and oxygen atoms in total.